The Morgan fingerprint density at radius 2 is 2.00 bits per heavy atom. The van der Waals surface area contributed by atoms with Crippen molar-refractivity contribution in [3.05, 3.63) is 72.2 Å². The van der Waals surface area contributed by atoms with Gasteiger partial charge in [0.1, 0.15) is 0 Å². The summed E-state index contributed by atoms with van der Waals surface area (Å²) in [4.78, 5) is 11.8. The maximum atomic E-state index is 11.8. The summed E-state index contributed by atoms with van der Waals surface area (Å²) in [6, 6.07) is 13.0. The van der Waals surface area contributed by atoms with E-state index in [1.807, 2.05) is 24.3 Å². The van der Waals surface area contributed by atoms with Gasteiger partial charge in [-0.05, 0) is 36.6 Å². The van der Waals surface area contributed by atoms with E-state index in [1.54, 1.807) is 24.3 Å². The van der Waals surface area contributed by atoms with Crippen LogP contribution in [-0.4, -0.2) is 24.7 Å². The highest BCUT2D eigenvalue weighted by Crippen LogP contribution is 2.29. The van der Waals surface area contributed by atoms with Gasteiger partial charge < -0.3 is 15.2 Å². The number of hydrogen-bond acceptors (Lipinski definition) is 3. The highest BCUT2D eigenvalue weighted by atomic mass is 16.5. The number of ether oxygens (including phenoxy) is 1. The minimum Gasteiger partial charge on any atom is -0.504 e. The van der Waals surface area contributed by atoms with E-state index in [-0.39, 0.29) is 11.7 Å². The van der Waals surface area contributed by atoms with E-state index in [0.29, 0.717) is 17.9 Å². The summed E-state index contributed by atoms with van der Waals surface area (Å²) < 4.78 is 5.03. The van der Waals surface area contributed by atoms with Gasteiger partial charge in [0.15, 0.2) is 11.5 Å². The van der Waals surface area contributed by atoms with Crippen molar-refractivity contribution in [3.63, 3.8) is 0 Å². The molecule has 0 spiro atoms. The van der Waals surface area contributed by atoms with Gasteiger partial charge in [-0.25, -0.2) is 0 Å². The van der Waals surface area contributed by atoms with Crippen LogP contribution in [0.2, 0.25) is 0 Å². The second kappa shape index (κ2) is 8.03. The zero-order valence-electron chi connectivity index (χ0n) is 13.1. The topological polar surface area (TPSA) is 58.6 Å². The van der Waals surface area contributed by atoms with Gasteiger partial charge in [0, 0.05) is 18.2 Å². The Labute approximate surface area is 136 Å². The van der Waals surface area contributed by atoms with Gasteiger partial charge in [-0.3, -0.25) is 4.79 Å². The monoisotopic (exact) mass is 310 g/mol. The number of hydrogen-bond donors (Lipinski definition) is 2. The predicted octanol–water partition coefficient (Wildman–Crippen LogP) is 2.96. The zero-order valence-corrected chi connectivity index (χ0v) is 13.1. The molecule has 0 unspecified atom stereocenters. The van der Waals surface area contributed by atoms with Crippen LogP contribution < -0.4 is 10.1 Å². The normalized spacial score (nSPS) is 10.7. The third-order valence-electron chi connectivity index (χ3n) is 3.40. The Balaban J connectivity index is 1.86. The number of benzene rings is 2. The Morgan fingerprint density at radius 3 is 2.70 bits per heavy atom. The van der Waals surface area contributed by atoms with E-state index in [9.17, 15) is 9.90 Å². The molecule has 2 N–H and O–H groups in total. The Kier molecular flexibility index (Phi) is 5.80. The summed E-state index contributed by atoms with van der Waals surface area (Å²) >= 11 is 0. The summed E-state index contributed by atoms with van der Waals surface area (Å²) in [6.07, 6.45) is 3.71. The number of para-hydroxylation sites is 1. The molecule has 4 heteroatoms. The molecule has 0 atom stereocenters. The van der Waals surface area contributed by atoms with Crippen LogP contribution in [0.5, 0.6) is 11.5 Å². The van der Waals surface area contributed by atoms with Crippen molar-refractivity contribution in [2.24, 2.45) is 0 Å². The summed E-state index contributed by atoms with van der Waals surface area (Å²) in [5.41, 5.74) is 2.65. The van der Waals surface area contributed by atoms with Crippen molar-refractivity contribution in [2.75, 3.05) is 13.7 Å². The molecule has 0 aliphatic heterocycles. The molecule has 4 nitrogen and oxygen atoms in total. The largest absolute Gasteiger partial charge is 0.504 e. The summed E-state index contributed by atoms with van der Waals surface area (Å²) in [5.74, 6) is 0.190. The minimum atomic E-state index is -0.207. The number of aromatic hydroxyl groups is 1. The Bertz CT molecular complexity index is 690. The van der Waals surface area contributed by atoms with Crippen LogP contribution in [0, 0.1) is 6.92 Å². The van der Waals surface area contributed by atoms with Gasteiger partial charge in [-0.15, -0.1) is 0 Å². The number of carbonyl (C=O) groups is 1. The van der Waals surface area contributed by atoms with Crippen molar-refractivity contribution in [1.29, 1.82) is 0 Å². The highest BCUT2D eigenvalue weighted by Gasteiger charge is 2.04. The first-order valence-corrected chi connectivity index (χ1v) is 7.33. The van der Waals surface area contributed by atoms with E-state index in [1.165, 1.54) is 13.2 Å². The lowest BCUT2D eigenvalue weighted by molar-refractivity contribution is -0.116. The molecule has 0 heterocycles. The summed E-state index contributed by atoms with van der Waals surface area (Å²) in [6.45, 7) is 4.38. The van der Waals surface area contributed by atoms with Gasteiger partial charge in [-0.2, -0.15) is 0 Å². The molecule has 0 aliphatic rings. The molecule has 0 saturated carbocycles. The molecule has 1 amide bonds. The molecule has 0 aliphatic carbocycles. The quantitative estimate of drug-likeness (QED) is 0.807. The maximum absolute atomic E-state index is 11.8. The molecule has 0 bridgehead atoms. The molecule has 2 rings (SSSR count). The van der Waals surface area contributed by atoms with Crippen LogP contribution in [0.3, 0.4) is 0 Å². The van der Waals surface area contributed by atoms with Crippen LogP contribution in [0.25, 0.3) is 6.08 Å². The zero-order chi connectivity index (χ0) is 16.7. The molecule has 0 fully saturated rings. The number of phenolic OH excluding ortho intramolecular Hbond substituents is 1. The first-order valence-electron chi connectivity index (χ1n) is 7.33. The standard InChI is InChI=1S/C19H20NO3/c1-14-6-8-15(9-7-14)12-13-20-18(21)11-10-16-4-3-5-17(23-2)19(16)22/h3-11,22H,1,12-13H2,2H3,(H,20,21). The molecule has 2 aromatic rings. The van der Waals surface area contributed by atoms with Crippen LogP contribution in [0.15, 0.2) is 48.5 Å². The number of rotatable bonds is 6. The average molecular weight is 310 g/mol. The number of carbonyl (C=O) groups excluding carboxylic acids is 1. The van der Waals surface area contributed by atoms with Gasteiger partial charge in [-0.1, -0.05) is 36.4 Å². The van der Waals surface area contributed by atoms with E-state index >= 15 is 0 Å². The van der Waals surface area contributed by atoms with Crippen LogP contribution in [0.4, 0.5) is 0 Å². The fraction of sp³-hybridized carbons (Fsp3) is 0.158. The second-order valence-electron chi connectivity index (χ2n) is 5.09. The first kappa shape index (κ1) is 16.6. The van der Waals surface area contributed by atoms with Gasteiger partial charge in [0.05, 0.1) is 7.11 Å². The van der Waals surface area contributed by atoms with Crippen molar-refractivity contribution in [2.45, 2.75) is 6.42 Å². The lowest BCUT2D eigenvalue weighted by Gasteiger charge is -2.05. The van der Waals surface area contributed by atoms with E-state index in [2.05, 4.69) is 12.2 Å². The molecular weight excluding hydrogens is 290 g/mol. The molecular formula is C19H20NO3. The van der Waals surface area contributed by atoms with Crippen molar-refractivity contribution in [1.82, 2.24) is 5.32 Å². The Morgan fingerprint density at radius 1 is 1.26 bits per heavy atom. The van der Waals surface area contributed by atoms with Crippen LogP contribution >= 0.6 is 0 Å². The summed E-state index contributed by atoms with van der Waals surface area (Å²) in [7, 11) is 1.48. The van der Waals surface area contributed by atoms with Crippen molar-refractivity contribution >= 4 is 12.0 Å². The molecule has 1 radical (unpaired) electrons. The fourth-order valence-electron chi connectivity index (χ4n) is 2.10. The molecule has 119 valence electrons. The smallest absolute Gasteiger partial charge is 0.244 e. The third-order valence-corrected chi connectivity index (χ3v) is 3.40. The van der Waals surface area contributed by atoms with Crippen LogP contribution in [0.1, 0.15) is 16.7 Å². The van der Waals surface area contributed by atoms with Crippen molar-refractivity contribution < 1.29 is 14.6 Å². The van der Waals surface area contributed by atoms with E-state index < -0.39 is 0 Å². The minimum absolute atomic E-state index is 0.0207. The lowest BCUT2D eigenvalue weighted by Crippen LogP contribution is -2.23. The number of methoxy groups -OCH3 is 1. The maximum Gasteiger partial charge on any atom is 0.244 e. The molecule has 0 saturated heterocycles. The second-order valence-corrected chi connectivity index (χ2v) is 5.09. The SMILES string of the molecule is [CH2]c1ccc(CCNC(=O)C=Cc2cccc(OC)c2O)cc1. The Hall–Kier alpha value is -2.75. The highest BCUT2D eigenvalue weighted by molar-refractivity contribution is 5.92. The number of nitrogens with one attached hydrogen (secondary N) is 1. The third kappa shape index (κ3) is 4.88. The number of amides is 1. The first-order chi connectivity index (χ1) is 11.1. The van der Waals surface area contributed by atoms with E-state index in [4.69, 9.17) is 4.74 Å². The molecule has 0 aromatic heterocycles. The predicted molar refractivity (Wildman–Crippen MR) is 91.3 cm³/mol. The van der Waals surface area contributed by atoms with Crippen molar-refractivity contribution in [3.8, 4) is 11.5 Å². The molecule has 2 aromatic carbocycles. The van der Waals surface area contributed by atoms with Crippen LogP contribution in [-0.2, 0) is 11.2 Å². The van der Waals surface area contributed by atoms with Gasteiger partial charge >= 0.3 is 0 Å². The fourth-order valence-corrected chi connectivity index (χ4v) is 2.10. The summed E-state index contributed by atoms with van der Waals surface area (Å²) in [5, 5.41) is 12.7. The van der Waals surface area contributed by atoms with E-state index in [0.717, 1.165) is 17.5 Å². The van der Waals surface area contributed by atoms with Gasteiger partial charge in [0.25, 0.3) is 0 Å². The van der Waals surface area contributed by atoms with Gasteiger partial charge in [0.2, 0.25) is 5.91 Å². The number of phenols is 1. The average Bonchev–Trinajstić information content (AvgIpc) is 2.56. The lowest BCUT2D eigenvalue weighted by atomic mass is 10.1. The molecule has 23 heavy (non-hydrogen) atoms.